The van der Waals surface area contributed by atoms with E-state index in [1.165, 1.54) is 0 Å². The van der Waals surface area contributed by atoms with Gasteiger partial charge in [0.2, 0.25) is 0 Å². The molecule has 2 aliphatic heterocycles. The number of amides is 2. The van der Waals surface area contributed by atoms with Gasteiger partial charge in [0, 0.05) is 13.1 Å². The van der Waals surface area contributed by atoms with Crippen LogP contribution in [0.3, 0.4) is 0 Å². The predicted molar refractivity (Wildman–Crippen MR) is 111 cm³/mol. The molecule has 156 valence electrons. The highest BCUT2D eigenvalue weighted by Crippen LogP contribution is 2.26. The first-order valence-corrected chi connectivity index (χ1v) is 10.5. The van der Waals surface area contributed by atoms with Crippen LogP contribution in [-0.4, -0.2) is 40.5 Å². The average Bonchev–Trinajstić information content (AvgIpc) is 3.42. The highest BCUT2D eigenvalue weighted by Gasteiger charge is 2.34. The van der Waals surface area contributed by atoms with E-state index < -0.39 is 6.04 Å². The van der Waals surface area contributed by atoms with Crippen LogP contribution in [0.2, 0.25) is 0 Å². The third kappa shape index (κ3) is 3.71. The molecule has 0 spiro atoms. The van der Waals surface area contributed by atoms with E-state index in [0.717, 1.165) is 24.1 Å². The molecule has 0 radical (unpaired) electrons. The van der Waals surface area contributed by atoms with Crippen molar-refractivity contribution in [2.75, 3.05) is 13.2 Å². The molecule has 0 aliphatic carbocycles. The maximum atomic E-state index is 13.2. The van der Waals surface area contributed by atoms with Crippen molar-refractivity contribution in [1.29, 1.82) is 5.26 Å². The van der Waals surface area contributed by atoms with Gasteiger partial charge in [-0.1, -0.05) is 37.3 Å². The number of ether oxygens (including phenoxy) is 1. The maximum Gasteiger partial charge on any atom is 0.271 e. The van der Waals surface area contributed by atoms with Crippen molar-refractivity contribution in [1.82, 2.24) is 14.8 Å². The fourth-order valence-electron chi connectivity index (χ4n) is 4.33. The summed E-state index contributed by atoms with van der Waals surface area (Å²) in [4.78, 5) is 28.0. The molecule has 7 nitrogen and oxygen atoms in total. The van der Waals surface area contributed by atoms with Crippen molar-refractivity contribution in [3.63, 3.8) is 0 Å². The van der Waals surface area contributed by atoms with Crippen LogP contribution >= 0.6 is 0 Å². The molecule has 1 fully saturated rings. The molecule has 3 heterocycles. The number of carbonyl (C=O) groups is 2. The van der Waals surface area contributed by atoms with Crippen LogP contribution in [-0.2, 0) is 17.9 Å². The Balaban J connectivity index is 1.63. The number of fused-ring (bicyclic) bond motifs is 1. The van der Waals surface area contributed by atoms with Crippen LogP contribution in [0.1, 0.15) is 64.3 Å². The Labute approximate surface area is 176 Å². The summed E-state index contributed by atoms with van der Waals surface area (Å²) in [5, 5.41) is 12.5. The Morgan fingerprint density at radius 2 is 2.10 bits per heavy atom. The van der Waals surface area contributed by atoms with Crippen LogP contribution in [0.25, 0.3) is 0 Å². The number of rotatable bonds is 5. The fraction of sp³-hybridized carbons (Fsp3) is 0.435. The zero-order chi connectivity index (χ0) is 21.1. The Bertz CT molecular complexity index is 976. The SMILES string of the molecule is CC[C@@H](NC(=O)c1cc(C(=O)N2CCC[C@@H]2C#N)n2c1COCC2)c1ccccc1. The van der Waals surface area contributed by atoms with Crippen LogP contribution in [0.4, 0.5) is 0 Å². The zero-order valence-corrected chi connectivity index (χ0v) is 17.1. The minimum atomic E-state index is -0.400. The summed E-state index contributed by atoms with van der Waals surface area (Å²) in [6.07, 6.45) is 2.27. The summed E-state index contributed by atoms with van der Waals surface area (Å²) in [5.74, 6) is -0.395. The maximum absolute atomic E-state index is 13.2. The van der Waals surface area contributed by atoms with E-state index in [1.54, 1.807) is 11.0 Å². The van der Waals surface area contributed by atoms with Gasteiger partial charge in [0.1, 0.15) is 11.7 Å². The van der Waals surface area contributed by atoms with Crippen LogP contribution in [0.5, 0.6) is 0 Å². The van der Waals surface area contributed by atoms with Gasteiger partial charge >= 0.3 is 0 Å². The van der Waals surface area contributed by atoms with Gasteiger partial charge in [0.25, 0.3) is 11.8 Å². The topological polar surface area (TPSA) is 87.4 Å². The quantitative estimate of drug-likeness (QED) is 0.827. The van der Waals surface area contributed by atoms with Gasteiger partial charge in [-0.2, -0.15) is 5.26 Å². The molecule has 2 aromatic rings. The Kier molecular flexibility index (Phi) is 5.86. The molecule has 1 saturated heterocycles. The number of aromatic nitrogens is 1. The van der Waals surface area contributed by atoms with E-state index in [-0.39, 0.29) is 17.9 Å². The third-order valence-corrected chi connectivity index (χ3v) is 5.95. The normalized spacial score (nSPS) is 19.1. The number of carbonyl (C=O) groups excluding carboxylic acids is 2. The Morgan fingerprint density at radius 3 is 2.83 bits per heavy atom. The van der Waals surface area contributed by atoms with E-state index in [9.17, 15) is 14.9 Å². The number of nitrogens with one attached hydrogen (secondary N) is 1. The number of nitriles is 1. The first kappa shape index (κ1) is 20.2. The molecule has 30 heavy (non-hydrogen) atoms. The van der Waals surface area contributed by atoms with Crippen molar-refractivity contribution in [2.24, 2.45) is 0 Å². The molecule has 1 aromatic carbocycles. The molecular weight excluding hydrogens is 380 g/mol. The lowest BCUT2D eigenvalue weighted by Gasteiger charge is -2.23. The standard InChI is InChI=1S/C23H26N4O3/c1-2-19(16-7-4-3-5-8-16)25-22(28)18-13-20(27-11-12-30-15-21(18)27)23(29)26-10-6-9-17(26)14-24/h3-5,7-8,13,17,19H,2,6,9-12,15H2,1H3,(H,25,28)/t17-,19-/m1/s1. The second-order valence-electron chi connectivity index (χ2n) is 7.72. The highest BCUT2D eigenvalue weighted by molar-refractivity contribution is 6.01. The molecule has 1 N–H and O–H groups in total. The predicted octanol–water partition coefficient (Wildman–Crippen LogP) is 3.03. The molecule has 4 rings (SSSR count). The lowest BCUT2D eigenvalue weighted by atomic mass is 10.0. The average molecular weight is 406 g/mol. The highest BCUT2D eigenvalue weighted by atomic mass is 16.5. The van der Waals surface area contributed by atoms with E-state index in [4.69, 9.17) is 4.74 Å². The van der Waals surface area contributed by atoms with E-state index in [2.05, 4.69) is 11.4 Å². The monoisotopic (exact) mass is 406 g/mol. The summed E-state index contributed by atoms with van der Waals surface area (Å²) in [5.41, 5.74) is 2.70. The molecule has 2 atom stereocenters. The lowest BCUT2D eigenvalue weighted by molar-refractivity contribution is 0.0696. The fourth-order valence-corrected chi connectivity index (χ4v) is 4.33. The zero-order valence-electron chi connectivity index (χ0n) is 17.1. The van der Waals surface area contributed by atoms with Gasteiger partial charge < -0.3 is 19.5 Å². The number of nitrogens with zero attached hydrogens (tertiary/aromatic N) is 3. The Hall–Kier alpha value is -3.11. The van der Waals surface area contributed by atoms with Crippen LogP contribution in [0.15, 0.2) is 36.4 Å². The minimum Gasteiger partial charge on any atom is -0.373 e. The van der Waals surface area contributed by atoms with Gasteiger partial charge in [-0.3, -0.25) is 9.59 Å². The van der Waals surface area contributed by atoms with E-state index in [0.29, 0.717) is 44.0 Å². The molecule has 0 unspecified atom stereocenters. The van der Waals surface area contributed by atoms with Gasteiger partial charge in [0.15, 0.2) is 0 Å². The summed E-state index contributed by atoms with van der Waals surface area (Å²) in [7, 11) is 0. The number of hydrogen-bond donors (Lipinski definition) is 1. The van der Waals surface area contributed by atoms with E-state index in [1.807, 2.05) is 41.8 Å². The Morgan fingerprint density at radius 1 is 1.30 bits per heavy atom. The van der Waals surface area contributed by atoms with Crippen molar-refractivity contribution in [2.45, 2.75) is 51.4 Å². The smallest absolute Gasteiger partial charge is 0.271 e. The van der Waals surface area contributed by atoms with Crippen molar-refractivity contribution >= 4 is 11.8 Å². The largest absolute Gasteiger partial charge is 0.373 e. The number of benzene rings is 1. The van der Waals surface area contributed by atoms with E-state index >= 15 is 0 Å². The number of hydrogen-bond acceptors (Lipinski definition) is 4. The van der Waals surface area contributed by atoms with Gasteiger partial charge in [-0.05, 0) is 30.9 Å². The lowest BCUT2D eigenvalue weighted by Crippen LogP contribution is -2.36. The molecule has 7 heteroatoms. The van der Waals surface area contributed by atoms with Crippen LogP contribution in [0, 0.1) is 11.3 Å². The van der Waals surface area contributed by atoms with Gasteiger partial charge in [-0.25, -0.2) is 0 Å². The molecular formula is C23H26N4O3. The first-order valence-electron chi connectivity index (χ1n) is 10.5. The van der Waals surface area contributed by atoms with Crippen molar-refractivity contribution < 1.29 is 14.3 Å². The molecule has 2 aliphatic rings. The second-order valence-corrected chi connectivity index (χ2v) is 7.72. The van der Waals surface area contributed by atoms with Crippen molar-refractivity contribution in [3.8, 4) is 6.07 Å². The van der Waals surface area contributed by atoms with Gasteiger partial charge in [-0.15, -0.1) is 0 Å². The minimum absolute atomic E-state index is 0.112. The van der Waals surface area contributed by atoms with Crippen LogP contribution < -0.4 is 5.32 Å². The molecule has 0 saturated carbocycles. The third-order valence-electron chi connectivity index (χ3n) is 5.95. The first-order chi connectivity index (χ1) is 14.6. The summed E-state index contributed by atoms with van der Waals surface area (Å²) in [6.45, 7) is 3.90. The summed E-state index contributed by atoms with van der Waals surface area (Å²) in [6, 6.07) is 13.2. The summed E-state index contributed by atoms with van der Waals surface area (Å²) >= 11 is 0. The summed E-state index contributed by atoms with van der Waals surface area (Å²) < 4.78 is 7.47. The molecule has 0 bridgehead atoms. The molecule has 2 amide bonds. The second kappa shape index (κ2) is 8.72. The number of likely N-dealkylation sites (tertiary alicyclic amines) is 1. The van der Waals surface area contributed by atoms with Gasteiger partial charge in [0.05, 0.1) is 36.6 Å². The van der Waals surface area contributed by atoms with Crippen molar-refractivity contribution in [3.05, 3.63) is 58.9 Å². The molecule has 1 aromatic heterocycles.